The number of hydrogen-bond acceptors (Lipinski definition) is 7. The van der Waals surface area contributed by atoms with Crippen LogP contribution in [0.15, 0.2) is 5.11 Å². The molecule has 9 nitrogen and oxygen atoms in total. The van der Waals surface area contributed by atoms with Crippen molar-refractivity contribution in [2.75, 3.05) is 6.61 Å². The average Bonchev–Trinajstić information content (AvgIpc) is 2.46. The number of esters is 2. The summed E-state index contributed by atoms with van der Waals surface area (Å²) < 4.78 is 22.5. The van der Waals surface area contributed by atoms with E-state index in [9.17, 15) is 9.59 Å². The lowest BCUT2D eigenvalue weighted by Crippen LogP contribution is -2.55. The van der Waals surface area contributed by atoms with Gasteiger partial charge in [-0.05, 0) is 23.7 Å². The Bertz CT molecular complexity index is 571. The Hall–Kier alpha value is -1.61. The van der Waals surface area contributed by atoms with E-state index in [1.165, 1.54) is 13.8 Å². The van der Waals surface area contributed by atoms with Gasteiger partial charge in [-0.3, -0.25) is 9.59 Å². The van der Waals surface area contributed by atoms with Crippen LogP contribution in [0.3, 0.4) is 0 Å². The first-order valence-corrected chi connectivity index (χ1v) is 11.5. The molecule has 0 aliphatic carbocycles. The summed E-state index contributed by atoms with van der Waals surface area (Å²) in [5.74, 6) is -1.02. The summed E-state index contributed by atoms with van der Waals surface area (Å²) in [7, 11) is -2.15. The van der Waals surface area contributed by atoms with Crippen molar-refractivity contribution >= 4 is 20.3 Å². The van der Waals surface area contributed by atoms with E-state index in [-0.39, 0.29) is 18.1 Å². The molecule has 4 atom stereocenters. The maximum absolute atomic E-state index is 11.4. The summed E-state index contributed by atoms with van der Waals surface area (Å²) in [5, 5.41) is 3.72. The third-order valence-electron chi connectivity index (χ3n) is 4.69. The molecule has 0 amide bonds. The fraction of sp³-hybridized carbons (Fsp3) is 0.875. The molecule has 1 rings (SSSR count). The number of ether oxygens (including phenoxy) is 3. The van der Waals surface area contributed by atoms with Crippen LogP contribution < -0.4 is 0 Å². The lowest BCUT2D eigenvalue weighted by atomic mass is 9.99. The Balaban J connectivity index is 3.05. The largest absolute Gasteiger partial charge is 0.463 e. The normalized spacial score (nSPS) is 26.6. The van der Waals surface area contributed by atoms with Crippen LogP contribution in [0.5, 0.6) is 0 Å². The molecular formula is C16H29N3O6Si. The molecule has 0 aromatic rings. The molecular weight excluding hydrogens is 358 g/mol. The van der Waals surface area contributed by atoms with Gasteiger partial charge in [-0.15, -0.1) is 0 Å². The predicted molar refractivity (Wildman–Crippen MR) is 96.7 cm³/mol. The van der Waals surface area contributed by atoms with Crippen molar-refractivity contribution in [2.45, 2.75) is 83.7 Å². The Morgan fingerprint density at radius 2 is 1.88 bits per heavy atom. The van der Waals surface area contributed by atoms with Gasteiger partial charge in [0.2, 0.25) is 0 Å². The van der Waals surface area contributed by atoms with Crippen molar-refractivity contribution in [2.24, 2.45) is 5.11 Å². The van der Waals surface area contributed by atoms with Gasteiger partial charge in [-0.1, -0.05) is 25.9 Å². The van der Waals surface area contributed by atoms with Gasteiger partial charge in [0.05, 0.1) is 6.04 Å². The second-order valence-electron chi connectivity index (χ2n) is 7.87. The molecule has 148 valence electrons. The SMILES string of the molecule is CC(=O)OC[C@H]1O[C@@H](O[Si](C)(C)C(C)(C)C)C[C@H](N=[N+]=[N-])[C@@H]1OC(C)=O. The van der Waals surface area contributed by atoms with Gasteiger partial charge in [0, 0.05) is 25.2 Å². The van der Waals surface area contributed by atoms with Gasteiger partial charge in [0.1, 0.15) is 25.1 Å². The summed E-state index contributed by atoms with van der Waals surface area (Å²) >= 11 is 0. The Morgan fingerprint density at radius 3 is 2.35 bits per heavy atom. The molecule has 1 fully saturated rings. The second kappa shape index (κ2) is 8.85. The summed E-state index contributed by atoms with van der Waals surface area (Å²) in [6.07, 6.45) is -2.01. The van der Waals surface area contributed by atoms with Gasteiger partial charge >= 0.3 is 11.9 Å². The number of hydrogen-bond donors (Lipinski definition) is 0. The van der Waals surface area contributed by atoms with Crippen LogP contribution in [0.25, 0.3) is 10.4 Å². The first kappa shape index (κ1) is 22.4. The van der Waals surface area contributed by atoms with Gasteiger partial charge in [0.25, 0.3) is 0 Å². The van der Waals surface area contributed by atoms with Crippen LogP contribution in [0.4, 0.5) is 0 Å². The molecule has 0 radical (unpaired) electrons. The predicted octanol–water partition coefficient (Wildman–Crippen LogP) is 3.30. The van der Waals surface area contributed by atoms with E-state index in [0.29, 0.717) is 0 Å². The van der Waals surface area contributed by atoms with Crippen LogP contribution >= 0.6 is 0 Å². The lowest BCUT2D eigenvalue weighted by molar-refractivity contribution is -0.220. The minimum atomic E-state index is -2.15. The molecule has 1 saturated heterocycles. The Kier molecular flexibility index (Phi) is 7.64. The highest BCUT2D eigenvalue weighted by Crippen LogP contribution is 2.39. The third kappa shape index (κ3) is 6.28. The number of azide groups is 1. The first-order valence-electron chi connectivity index (χ1n) is 8.55. The highest BCUT2D eigenvalue weighted by Gasteiger charge is 2.46. The number of carbonyl (C=O) groups is 2. The van der Waals surface area contributed by atoms with Crippen LogP contribution in [0.1, 0.15) is 41.0 Å². The minimum absolute atomic E-state index is 0.0392. The summed E-state index contributed by atoms with van der Waals surface area (Å²) in [4.78, 5) is 25.5. The van der Waals surface area contributed by atoms with Crippen molar-refractivity contribution < 1.29 is 28.2 Å². The molecule has 1 aliphatic heterocycles. The van der Waals surface area contributed by atoms with Crippen LogP contribution in [0.2, 0.25) is 18.1 Å². The lowest BCUT2D eigenvalue weighted by Gasteiger charge is -2.44. The maximum Gasteiger partial charge on any atom is 0.303 e. The standard InChI is InChI=1S/C16H29N3O6Si/c1-10(20)22-9-13-15(23-11(2)21)12(18-19-17)8-14(24-13)25-26(6,7)16(3,4)5/h12-15H,8-9H2,1-7H3/t12-,13+,14-,15-/m0/s1. The molecule has 10 heteroatoms. The highest BCUT2D eigenvalue weighted by molar-refractivity contribution is 6.74. The van der Waals surface area contributed by atoms with Gasteiger partial charge in [-0.25, -0.2) is 0 Å². The zero-order valence-corrected chi connectivity index (χ0v) is 17.5. The molecule has 0 unspecified atom stereocenters. The van der Waals surface area contributed by atoms with Crippen molar-refractivity contribution in [1.82, 2.24) is 0 Å². The highest BCUT2D eigenvalue weighted by atomic mass is 28.4. The molecule has 26 heavy (non-hydrogen) atoms. The zero-order valence-electron chi connectivity index (χ0n) is 16.5. The van der Waals surface area contributed by atoms with Gasteiger partial charge in [0.15, 0.2) is 8.32 Å². The topological polar surface area (TPSA) is 120 Å². The van der Waals surface area contributed by atoms with Crippen molar-refractivity contribution in [1.29, 1.82) is 0 Å². The fourth-order valence-electron chi connectivity index (χ4n) is 2.35. The maximum atomic E-state index is 11.4. The minimum Gasteiger partial charge on any atom is -0.463 e. The monoisotopic (exact) mass is 387 g/mol. The van der Waals surface area contributed by atoms with Gasteiger partial charge in [-0.2, -0.15) is 0 Å². The van der Waals surface area contributed by atoms with Crippen LogP contribution in [-0.4, -0.2) is 51.4 Å². The second-order valence-corrected chi connectivity index (χ2v) is 12.6. The first-order chi connectivity index (χ1) is 11.9. The van der Waals surface area contributed by atoms with Crippen molar-refractivity contribution in [3.63, 3.8) is 0 Å². The average molecular weight is 388 g/mol. The van der Waals surface area contributed by atoms with E-state index in [1.54, 1.807) is 0 Å². The van der Waals surface area contributed by atoms with E-state index in [1.807, 2.05) is 0 Å². The molecule has 1 heterocycles. The molecule has 1 aliphatic rings. The van der Waals surface area contributed by atoms with Crippen LogP contribution in [-0.2, 0) is 28.2 Å². The van der Waals surface area contributed by atoms with E-state index in [4.69, 9.17) is 24.2 Å². The molecule has 0 spiro atoms. The van der Waals surface area contributed by atoms with Crippen molar-refractivity contribution in [3.8, 4) is 0 Å². The van der Waals surface area contributed by atoms with E-state index >= 15 is 0 Å². The van der Waals surface area contributed by atoms with Crippen LogP contribution in [0, 0.1) is 0 Å². The number of carbonyl (C=O) groups excluding carboxylic acids is 2. The summed E-state index contributed by atoms with van der Waals surface area (Å²) in [6.45, 7) is 12.9. The van der Waals surface area contributed by atoms with E-state index in [0.717, 1.165) is 0 Å². The van der Waals surface area contributed by atoms with E-state index in [2.05, 4.69) is 43.9 Å². The molecule has 0 bridgehead atoms. The Labute approximate surface area is 155 Å². The number of rotatable bonds is 6. The molecule has 0 aromatic carbocycles. The quantitative estimate of drug-likeness (QED) is 0.227. The smallest absolute Gasteiger partial charge is 0.303 e. The zero-order chi connectivity index (χ0) is 20.1. The molecule has 0 aromatic heterocycles. The fourth-order valence-corrected chi connectivity index (χ4v) is 3.51. The number of nitrogens with zero attached hydrogens (tertiary/aromatic N) is 3. The molecule has 0 N–H and O–H groups in total. The summed E-state index contributed by atoms with van der Waals surface area (Å²) in [5.41, 5.74) is 8.88. The Morgan fingerprint density at radius 1 is 1.27 bits per heavy atom. The van der Waals surface area contributed by atoms with Crippen molar-refractivity contribution in [3.05, 3.63) is 10.4 Å². The van der Waals surface area contributed by atoms with E-state index < -0.39 is 44.8 Å². The van der Waals surface area contributed by atoms with Gasteiger partial charge < -0.3 is 18.6 Å². The molecule has 0 saturated carbocycles. The third-order valence-corrected chi connectivity index (χ3v) is 9.16. The summed E-state index contributed by atoms with van der Waals surface area (Å²) in [6, 6.07) is -0.673.